The van der Waals surface area contributed by atoms with Gasteiger partial charge in [0.25, 0.3) is 0 Å². The van der Waals surface area contributed by atoms with Crippen LogP contribution in [0.3, 0.4) is 0 Å². The number of rotatable bonds is 9. The zero-order valence-corrected chi connectivity index (χ0v) is 24.1. The van der Waals surface area contributed by atoms with Gasteiger partial charge in [0, 0.05) is 11.1 Å². The summed E-state index contributed by atoms with van der Waals surface area (Å²) in [6.07, 6.45) is -1.05. The predicted molar refractivity (Wildman–Crippen MR) is 165 cm³/mol. The lowest BCUT2D eigenvalue weighted by Gasteiger charge is -2.19. The summed E-state index contributed by atoms with van der Waals surface area (Å²) in [5.74, 6) is 0.378. The fraction of sp³-hybridized carbons (Fsp3) is 0.171. The SMILES string of the molecule is C=C(C)/C(NC(=O)O[C@H](C)c1ccccc1C)=C(\OC)c1ccc(N=C(c2ccccc2)c2ccccc2)c(C)n1. The van der Waals surface area contributed by atoms with Gasteiger partial charge in [0.1, 0.15) is 11.8 Å². The molecule has 0 saturated carbocycles. The van der Waals surface area contributed by atoms with Gasteiger partial charge in [-0.3, -0.25) is 5.32 Å². The van der Waals surface area contributed by atoms with Crippen molar-refractivity contribution in [2.24, 2.45) is 4.99 Å². The van der Waals surface area contributed by atoms with Crippen LogP contribution in [0.25, 0.3) is 5.76 Å². The van der Waals surface area contributed by atoms with Gasteiger partial charge in [-0.15, -0.1) is 0 Å². The Bertz CT molecular complexity index is 1550. The van der Waals surface area contributed by atoms with E-state index < -0.39 is 12.2 Å². The fourth-order valence-corrected chi connectivity index (χ4v) is 4.50. The number of pyridine rings is 1. The molecule has 1 atom stereocenters. The average molecular weight is 546 g/mol. The Balaban J connectivity index is 1.65. The Morgan fingerprint density at radius 1 is 0.878 bits per heavy atom. The number of hydrogen-bond donors (Lipinski definition) is 1. The number of allylic oxidation sites excluding steroid dienone is 1. The molecule has 4 rings (SSSR count). The number of aryl methyl sites for hydroxylation is 2. The molecule has 0 radical (unpaired) electrons. The van der Waals surface area contributed by atoms with Crippen molar-refractivity contribution in [2.75, 3.05) is 7.11 Å². The maximum absolute atomic E-state index is 12.9. The highest BCUT2D eigenvalue weighted by atomic mass is 16.6. The third-order valence-corrected chi connectivity index (χ3v) is 6.61. The second kappa shape index (κ2) is 13.4. The smallest absolute Gasteiger partial charge is 0.412 e. The summed E-state index contributed by atoms with van der Waals surface area (Å²) < 4.78 is 11.4. The molecule has 0 aliphatic carbocycles. The maximum atomic E-state index is 12.9. The van der Waals surface area contributed by atoms with Gasteiger partial charge in [0.05, 0.1) is 29.9 Å². The lowest BCUT2D eigenvalue weighted by Crippen LogP contribution is -2.27. The molecule has 0 bridgehead atoms. The van der Waals surface area contributed by atoms with Crippen molar-refractivity contribution in [3.05, 3.63) is 149 Å². The number of alkyl carbamates (subject to hydrolysis) is 1. The van der Waals surface area contributed by atoms with Gasteiger partial charge in [-0.25, -0.2) is 14.8 Å². The second-order valence-electron chi connectivity index (χ2n) is 9.71. The molecule has 1 aromatic heterocycles. The average Bonchev–Trinajstić information content (AvgIpc) is 2.97. The molecular formula is C35H35N3O3. The highest BCUT2D eigenvalue weighted by Gasteiger charge is 2.20. The van der Waals surface area contributed by atoms with Gasteiger partial charge in [-0.2, -0.15) is 0 Å². The van der Waals surface area contributed by atoms with Crippen molar-refractivity contribution in [3.63, 3.8) is 0 Å². The number of amides is 1. The topological polar surface area (TPSA) is 72.8 Å². The molecule has 1 heterocycles. The van der Waals surface area contributed by atoms with Gasteiger partial charge in [-0.1, -0.05) is 91.5 Å². The van der Waals surface area contributed by atoms with Crippen LogP contribution in [0, 0.1) is 13.8 Å². The number of nitrogens with zero attached hydrogens (tertiary/aromatic N) is 2. The minimum atomic E-state index is -0.610. The largest absolute Gasteiger partial charge is 0.492 e. The molecule has 0 fully saturated rings. The quantitative estimate of drug-likeness (QED) is 0.131. The number of carbonyl (C=O) groups excluding carboxylic acids is 1. The first-order valence-electron chi connectivity index (χ1n) is 13.4. The minimum Gasteiger partial charge on any atom is -0.492 e. The molecule has 6 nitrogen and oxygen atoms in total. The lowest BCUT2D eigenvalue weighted by atomic mass is 10.0. The van der Waals surface area contributed by atoms with Crippen LogP contribution in [0.2, 0.25) is 0 Å². The summed E-state index contributed by atoms with van der Waals surface area (Å²) in [6.45, 7) is 11.6. The number of benzene rings is 3. The fourth-order valence-electron chi connectivity index (χ4n) is 4.50. The molecule has 1 N–H and O–H groups in total. The Morgan fingerprint density at radius 3 is 2.00 bits per heavy atom. The predicted octanol–water partition coefficient (Wildman–Crippen LogP) is 8.25. The summed E-state index contributed by atoms with van der Waals surface area (Å²) in [7, 11) is 1.53. The monoisotopic (exact) mass is 545 g/mol. The van der Waals surface area contributed by atoms with E-state index in [0.29, 0.717) is 28.4 Å². The normalized spacial score (nSPS) is 12.0. The van der Waals surface area contributed by atoms with E-state index in [4.69, 9.17) is 19.5 Å². The maximum Gasteiger partial charge on any atom is 0.412 e. The third-order valence-electron chi connectivity index (χ3n) is 6.61. The molecule has 4 aromatic rings. The highest BCUT2D eigenvalue weighted by molar-refractivity contribution is 6.14. The van der Waals surface area contributed by atoms with Crippen molar-refractivity contribution in [1.29, 1.82) is 0 Å². The van der Waals surface area contributed by atoms with E-state index in [0.717, 1.165) is 33.7 Å². The number of methoxy groups -OCH3 is 1. The summed E-state index contributed by atoms with van der Waals surface area (Å²) in [4.78, 5) is 22.7. The number of aromatic nitrogens is 1. The molecule has 1 amide bonds. The van der Waals surface area contributed by atoms with Gasteiger partial charge in [0.2, 0.25) is 0 Å². The van der Waals surface area contributed by atoms with E-state index in [-0.39, 0.29) is 0 Å². The first kappa shape index (κ1) is 29.0. The molecule has 6 heteroatoms. The highest BCUT2D eigenvalue weighted by Crippen LogP contribution is 2.27. The van der Waals surface area contributed by atoms with E-state index in [1.54, 1.807) is 6.92 Å². The van der Waals surface area contributed by atoms with E-state index in [1.807, 2.05) is 118 Å². The second-order valence-corrected chi connectivity index (χ2v) is 9.71. The first-order valence-corrected chi connectivity index (χ1v) is 13.4. The Kier molecular flexibility index (Phi) is 9.48. The Labute approximate surface area is 242 Å². The van der Waals surface area contributed by atoms with Gasteiger partial charge in [0.15, 0.2) is 5.76 Å². The van der Waals surface area contributed by atoms with E-state index in [2.05, 4.69) is 11.9 Å². The molecule has 208 valence electrons. The molecule has 0 saturated heterocycles. The van der Waals surface area contributed by atoms with Crippen LogP contribution in [0.5, 0.6) is 0 Å². The lowest BCUT2D eigenvalue weighted by molar-refractivity contribution is 0.109. The zero-order valence-electron chi connectivity index (χ0n) is 24.1. The van der Waals surface area contributed by atoms with Crippen molar-refractivity contribution in [1.82, 2.24) is 10.3 Å². The molecule has 0 aliphatic rings. The first-order chi connectivity index (χ1) is 19.8. The number of hydrogen-bond acceptors (Lipinski definition) is 5. The van der Waals surface area contributed by atoms with Gasteiger partial charge >= 0.3 is 6.09 Å². The van der Waals surface area contributed by atoms with Crippen molar-refractivity contribution in [3.8, 4) is 0 Å². The number of carbonyl (C=O) groups is 1. The summed E-state index contributed by atoms with van der Waals surface area (Å²) >= 11 is 0. The van der Waals surface area contributed by atoms with Crippen LogP contribution in [0.4, 0.5) is 10.5 Å². The number of nitrogens with one attached hydrogen (secondary N) is 1. The minimum absolute atomic E-state index is 0.378. The summed E-state index contributed by atoms with van der Waals surface area (Å²) in [5, 5.41) is 2.82. The Hall–Kier alpha value is -4.97. The van der Waals surface area contributed by atoms with Crippen LogP contribution >= 0.6 is 0 Å². The van der Waals surface area contributed by atoms with Crippen molar-refractivity contribution >= 4 is 23.3 Å². The summed E-state index contributed by atoms with van der Waals surface area (Å²) in [6, 6.07) is 31.6. The summed E-state index contributed by atoms with van der Waals surface area (Å²) in [5.41, 5.74) is 7.81. The van der Waals surface area contributed by atoms with Crippen LogP contribution in [0.15, 0.2) is 120 Å². The van der Waals surface area contributed by atoms with Crippen molar-refractivity contribution in [2.45, 2.75) is 33.8 Å². The van der Waals surface area contributed by atoms with Crippen LogP contribution < -0.4 is 5.32 Å². The van der Waals surface area contributed by atoms with E-state index in [1.165, 1.54) is 7.11 Å². The molecule has 0 spiro atoms. The number of ether oxygens (including phenoxy) is 2. The van der Waals surface area contributed by atoms with E-state index in [9.17, 15) is 4.79 Å². The Morgan fingerprint density at radius 2 is 1.46 bits per heavy atom. The molecule has 0 unspecified atom stereocenters. The van der Waals surface area contributed by atoms with E-state index >= 15 is 0 Å². The molecule has 3 aromatic carbocycles. The standard InChI is InChI=1S/C35H35N3O3/c1-23(2)32(38-35(39)41-26(5)29-20-14-13-15-24(29)3)34(40-6)31-22-21-30(25(4)36-31)37-33(27-16-9-7-10-17-27)28-18-11-8-12-19-28/h7-22,26H,1H2,2-6H3,(H,38,39)/b34-32+/t26-/m1/s1. The molecular weight excluding hydrogens is 510 g/mol. The van der Waals surface area contributed by atoms with Crippen LogP contribution in [0.1, 0.15) is 53.6 Å². The van der Waals surface area contributed by atoms with Crippen LogP contribution in [-0.4, -0.2) is 23.9 Å². The molecule has 41 heavy (non-hydrogen) atoms. The molecule has 0 aliphatic heterocycles. The van der Waals surface area contributed by atoms with Gasteiger partial charge < -0.3 is 9.47 Å². The number of aliphatic imine (C=N–C) groups is 1. The van der Waals surface area contributed by atoms with Gasteiger partial charge in [-0.05, 0) is 56.5 Å². The zero-order chi connectivity index (χ0) is 29.4. The van der Waals surface area contributed by atoms with Crippen LogP contribution in [-0.2, 0) is 9.47 Å². The third kappa shape index (κ3) is 7.17. The van der Waals surface area contributed by atoms with Crippen molar-refractivity contribution < 1.29 is 14.3 Å².